The predicted molar refractivity (Wildman–Crippen MR) is 125 cm³/mol. The number of unbranched alkanes of at least 4 members (excludes halogenated alkanes) is 7. The van der Waals surface area contributed by atoms with Crippen LogP contribution in [0.15, 0.2) is 18.2 Å². The fourth-order valence-corrected chi connectivity index (χ4v) is 4.14. The molecule has 34 heavy (non-hydrogen) atoms. The Bertz CT molecular complexity index is 821. The first-order valence-corrected chi connectivity index (χ1v) is 13.0. The number of nitro groups is 1. The van der Waals surface area contributed by atoms with Gasteiger partial charge in [0.1, 0.15) is 5.75 Å². The summed E-state index contributed by atoms with van der Waals surface area (Å²) >= 11 is 0. The Labute approximate surface area is 226 Å². The van der Waals surface area contributed by atoms with Gasteiger partial charge in [0, 0.05) is 11.8 Å². The summed E-state index contributed by atoms with van der Waals surface area (Å²) < 4.78 is 49.1. The topological polar surface area (TPSA) is 128 Å². The van der Waals surface area contributed by atoms with Crippen LogP contribution in [0.1, 0.15) is 90.4 Å². The molecular weight excluding hydrogens is 473 g/mol. The molecule has 0 radical (unpaired) electrons. The summed E-state index contributed by atoms with van der Waals surface area (Å²) in [6.45, 7) is 2.59. The zero-order chi connectivity index (χ0) is 23.4. The van der Waals surface area contributed by atoms with Gasteiger partial charge in [-0.05, 0) is 25.0 Å². The minimum Gasteiger partial charge on any atom is -0.748 e. The van der Waals surface area contributed by atoms with Crippen LogP contribution in [0.3, 0.4) is 0 Å². The van der Waals surface area contributed by atoms with Crippen LogP contribution in [0.25, 0.3) is 0 Å². The van der Waals surface area contributed by atoms with Crippen molar-refractivity contribution in [1.82, 2.24) is 0 Å². The molecule has 1 aromatic rings. The molecule has 1 heterocycles. The Morgan fingerprint density at radius 1 is 1.09 bits per heavy atom. The van der Waals surface area contributed by atoms with E-state index in [0.29, 0.717) is 12.4 Å². The van der Waals surface area contributed by atoms with Crippen LogP contribution >= 0.6 is 0 Å². The molecule has 190 valence electrons. The first-order valence-electron chi connectivity index (χ1n) is 11.4. The van der Waals surface area contributed by atoms with Crippen molar-refractivity contribution < 1.29 is 61.7 Å². The molecule has 2 rings (SSSR count). The van der Waals surface area contributed by atoms with Crippen molar-refractivity contribution in [3.63, 3.8) is 0 Å². The van der Waals surface area contributed by atoms with Crippen LogP contribution in [0.5, 0.6) is 5.75 Å². The normalized spacial score (nSPS) is 17.6. The average Bonchev–Trinajstić information content (AvgIpc) is 3.21. The Morgan fingerprint density at radius 3 is 2.35 bits per heavy atom. The standard InChI is InChI=1S/C22H35NO8S.CH4.Na/c1-2-3-4-5-6-7-8-9-11-19-17-30-22(31-19)20-16-18(12-13-21(20)23(24)25)29-14-10-15-32(26,27)28;;/h12-13,16,19,22H,2-11,14-15,17H2,1H3,(H,26,27,28);1H4;/q;;+1/p-1. The number of ether oxygens (including phenoxy) is 3. The van der Waals surface area contributed by atoms with E-state index in [0.717, 1.165) is 19.3 Å². The second kappa shape index (κ2) is 17.6. The molecule has 0 amide bonds. The molecule has 1 aromatic carbocycles. The minimum absolute atomic E-state index is 0. The summed E-state index contributed by atoms with van der Waals surface area (Å²) in [7, 11) is -4.30. The average molecular weight is 512 g/mol. The fourth-order valence-electron chi connectivity index (χ4n) is 3.67. The zero-order valence-corrected chi connectivity index (χ0v) is 22.5. The van der Waals surface area contributed by atoms with Crippen LogP contribution in [0.4, 0.5) is 5.69 Å². The van der Waals surface area contributed by atoms with Gasteiger partial charge in [-0.2, -0.15) is 0 Å². The maximum Gasteiger partial charge on any atom is 1.00 e. The van der Waals surface area contributed by atoms with Gasteiger partial charge in [0.25, 0.3) is 5.69 Å². The second-order valence-corrected chi connectivity index (χ2v) is 9.65. The van der Waals surface area contributed by atoms with Crippen LogP contribution in [-0.2, 0) is 19.6 Å². The van der Waals surface area contributed by atoms with Crippen LogP contribution in [-0.4, -0.2) is 43.0 Å². The second-order valence-electron chi connectivity index (χ2n) is 8.13. The van der Waals surface area contributed by atoms with E-state index < -0.39 is 27.1 Å². The van der Waals surface area contributed by atoms with E-state index >= 15 is 0 Å². The molecule has 0 spiro atoms. The van der Waals surface area contributed by atoms with Crippen molar-refractivity contribution in [2.45, 2.75) is 91.0 Å². The van der Waals surface area contributed by atoms with Crippen molar-refractivity contribution in [1.29, 1.82) is 0 Å². The van der Waals surface area contributed by atoms with Crippen molar-refractivity contribution in [2.75, 3.05) is 19.0 Å². The molecule has 1 saturated heterocycles. The summed E-state index contributed by atoms with van der Waals surface area (Å²) in [6.07, 6.45) is 9.70. The molecule has 0 aliphatic carbocycles. The SMILES string of the molecule is C.CCCCCCCCCCC1COC(c2cc(OCCCS(=O)(=O)[O-])ccc2[N+](=O)[O-])O1.[Na+]. The summed E-state index contributed by atoms with van der Waals surface area (Å²) in [6, 6.07) is 4.22. The van der Waals surface area contributed by atoms with Crippen LogP contribution in [0, 0.1) is 10.1 Å². The van der Waals surface area contributed by atoms with E-state index in [-0.39, 0.29) is 67.4 Å². The maximum atomic E-state index is 11.4. The Hall–Kier alpha value is -0.750. The fraction of sp³-hybridized carbons (Fsp3) is 0.739. The van der Waals surface area contributed by atoms with E-state index in [9.17, 15) is 23.1 Å². The van der Waals surface area contributed by atoms with Crippen molar-refractivity contribution in [3.05, 3.63) is 33.9 Å². The maximum absolute atomic E-state index is 11.4. The molecule has 9 nitrogen and oxygen atoms in total. The van der Waals surface area contributed by atoms with E-state index in [1.165, 1.54) is 56.7 Å². The van der Waals surface area contributed by atoms with Gasteiger partial charge < -0.3 is 18.8 Å². The zero-order valence-electron chi connectivity index (χ0n) is 19.7. The van der Waals surface area contributed by atoms with Gasteiger partial charge in [0.2, 0.25) is 0 Å². The molecule has 1 fully saturated rings. The van der Waals surface area contributed by atoms with Gasteiger partial charge in [0.05, 0.1) is 39.9 Å². The van der Waals surface area contributed by atoms with E-state index in [4.69, 9.17) is 14.2 Å². The van der Waals surface area contributed by atoms with Gasteiger partial charge in [-0.15, -0.1) is 0 Å². The summed E-state index contributed by atoms with van der Waals surface area (Å²) in [5, 5.41) is 11.4. The number of hydrogen-bond donors (Lipinski definition) is 0. The molecule has 1 aliphatic heterocycles. The molecule has 11 heteroatoms. The third kappa shape index (κ3) is 12.8. The number of nitrogens with zero attached hydrogens (tertiary/aromatic N) is 1. The smallest absolute Gasteiger partial charge is 0.748 e. The van der Waals surface area contributed by atoms with E-state index in [1.807, 2.05) is 0 Å². The summed E-state index contributed by atoms with van der Waals surface area (Å²) in [4.78, 5) is 10.9. The van der Waals surface area contributed by atoms with E-state index in [2.05, 4.69) is 6.92 Å². The van der Waals surface area contributed by atoms with Crippen molar-refractivity contribution in [3.8, 4) is 5.75 Å². The molecule has 2 unspecified atom stereocenters. The third-order valence-electron chi connectivity index (χ3n) is 5.39. The summed E-state index contributed by atoms with van der Waals surface area (Å²) in [5.74, 6) is -0.199. The molecule has 1 aliphatic rings. The predicted octanol–water partition coefficient (Wildman–Crippen LogP) is 2.49. The number of benzene rings is 1. The first-order chi connectivity index (χ1) is 15.3. The number of hydrogen-bond acceptors (Lipinski definition) is 8. The van der Waals surface area contributed by atoms with E-state index in [1.54, 1.807) is 0 Å². The van der Waals surface area contributed by atoms with Crippen molar-refractivity contribution >= 4 is 15.8 Å². The monoisotopic (exact) mass is 511 g/mol. The molecule has 0 N–H and O–H groups in total. The van der Waals surface area contributed by atoms with Gasteiger partial charge in [0.15, 0.2) is 6.29 Å². The van der Waals surface area contributed by atoms with Gasteiger partial charge >= 0.3 is 29.6 Å². The molecule has 0 saturated carbocycles. The van der Waals surface area contributed by atoms with Gasteiger partial charge in [-0.1, -0.05) is 65.7 Å². The number of rotatable bonds is 16. The minimum atomic E-state index is -4.30. The Balaban J connectivity index is 0.00000544. The van der Waals surface area contributed by atoms with Crippen molar-refractivity contribution in [2.24, 2.45) is 0 Å². The largest absolute Gasteiger partial charge is 1.00 e. The first kappa shape index (κ1) is 33.2. The number of nitro benzene ring substituents is 1. The quantitative estimate of drug-likeness (QED) is 0.109. The van der Waals surface area contributed by atoms with Crippen LogP contribution < -0.4 is 34.3 Å². The molecule has 0 bridgehead atoms. The molecule has 0 aromatic heterocycles. The van der Waals surface area contributed by atoms with Gasteiger partial charge in [-0.3, -0.25) is 10.1 Å². The third-order valence-corrected chi connectivity index (χ3v) is 6.17. The Kier molecular flexibility index (Phi) is 17.3. The molecule has 2 atom stereocenters. The summed E-state index contributed by atoms with van der Waals surface area (Å²) in [5.41, 5.74) is 0.139. The van der Waals surface area contributed by atoms with Crippen LogP contribution in [0.2, 0.25) is 0 Å². The molecular formula is C23H38NNaO8S. The Morgan fingerprint density at radius 2 is 1.74 bits per heavy atom. The van der Waals surface area contributed by atoms with Gasteiger partial charge in [-0.25, -0.2) is 8.42 Å².